The first-order chi connectivity index (χ1) is 11.3. The third-order valence-corrected chi connectivity index (χ3v) is 3.86. The van der Waals surface area contributed by atoms with E-state index in [9.17, 15) is 4.79 Å². The van der Waals surface area contributed by atoms with Crippen molar-refractivity contribution in [3.05, 3.63) is 42.2 Å². The van der Waals surface area contributed by atoms with Crippen LogP contribution in [-0.2, 0) is 0 Å². The highest BCUT2D eigenvalue weighted by molar-refractivity contribution is 6.03. The van der Waals surface area contributed by atoms with Crippen LogP contribution in [0, 0.1) is 0 Å². The second-order valence-corrected chi connectivity index (χ2v) is 5.47. The summed E-state index contributed by atoms with van der Waals surface area (Å²) in [5, 5.41) is 2.84. The van der Waals surface area contributed by atoms with Crippen LogP contribution in [0.25, 0.3) is 0 Å². The summed E-state index contributed by atoms with van der Waals surface area (Å²) in [5.41, 5.74) is 1.07. The number of ether oxygens (including phenoxy) is 1. The Labute approximate surface area is 135 Å². The van der Waals surface area contributed by atoms with Crippen molar-refractivity contribution < 1.29 is 9.53 Å². The van der Waals surface area contributed by atoms with Gasteiger partial charge in [-0.05, 0) is 49.6 Å². The first kappa shape index (κ1) is 15.3. The van der Waals surface area contributed by atoms with Crippen molar-refractivity contribution >= 4 is 17.5 Å². The Morgan fingerprint density at radius 3 is 2.57 bits per heavy atom. The van der Waals surface area contributed by atoms with E-state index >= 15 is 0 Å². The molecule has 0 spiro atoms. The number of anilines is 2. The third-order valence-electron chi connectivity index (χ3n) is 3.86. The van der Waals surface area contributed by atoms with Crippen LogP contribution < -0.4 is 15.0 Å². The first-order valence-electron chi connectivity index (χ1n) is 7.79. The molecule has 1 amide bonds. The summed E-state index contributed by atoms with van der Waals surface area (Å²) in [5.74, 6) is 1.14. The van der Waals surface area contributed by atoms with Crippen molar-refractivity contribution in [1.82, 2.24) is 9.97 Å². The van der Waals surface area contributed by atoms with E-state index < -0.39 is 0 Å². The van der Waals surface area contributed by atoms with Gasteiger partial charge in [0.15, 0.2) is 0 Å². The first-order valence-corrected chi connectivity index (χ1v) is 7.79. The smallest absolute Gasteiger partial charge is 0.274 e. The number of hydrogen-bond acceptors (Lipinski definition) is 5. The molecule has 0 radical (unpaired) electrons. The van der Waals surface area contributed by atoms with Crippen molar-refractivity contribution in [3.8, 4) is 5.75 Å². The van der Waals surface area contributed by atoms with Crippen LogP contribution in [0.5, 0.6) is 5.75 Å². The van der Waals surface area contributed by atoms with Gasteiger partial charge in [-0.1, -0.05) is 0 Å². The van der Waals surface area contributed by atoms with Gasteiger partial charge in [0.1, 0.15) is 11.4 Å². The molecular weight excluding hydrogens is 292 g/mol. The molecule has 1 N–H and O–H groups in total. The molecule has 2 heterocycles. The minimum absolute atomic E-state index is 0.240. The Balaban J connectivity index is 1.71. The molecule has 1 aromatic carbocycles. The van der Waals surface area contributed by atoms with E-state index in [2.05, 4.69) is 20.2 Å². The minimum Gasteiger partial charge on any atom is -0.497 e. The lowest BCUT2D eigenvalue weighted by molar-refractivity contribution is 0.102. The van der Waals surface area contributed by atoms with Crippen molar-refractivity contribution in [1.29, 1.82) is 0 Å². The summed E-state index contributed by atoms with van der Waals surface area (Å²) < 4.78 is 5.10. The maximum Gasteiger partial charge on any atom is 0.274 e. The number of benzene rings is 1. The fourth-order valence-corrected chi connectivity index (χ4v) is 2.59. The lowest BCUT2D eigenvalue weighted by Gasteiger charge is -2.26. The predicted molar refractivity (Wildman–Crippen MR) is 89.0 cm³/mol. The fraction of sp³-hybridized carbons (Fsp3) is 0.353. The topological polar surface area (TPSA) is 67.3 Å². The maximum atomic E-state index is 12.4. The standard InChI is InChI=1S/C17H20N4O2/c1-23-14-7-5-13(6-8-14)19-16(22)15-9-10-18-17(20-15)21-11-3-2-4-12-21/h5-10H,2-4,11-12H2,1H3,(H,19,22). The summed E-state index contributed by atoms with van der Waals surface area (Å²) in [6, 6.07) is 8.82. The van der Waals surface area contributed by atoms with E-state index in [-0.39, 0.29) is 5.91 Å². The minimum atomic E-state index is -0.240. The molecule has 6 nitrogen and oxygen atoms in total. The van der Waals surface area contributed by atoms with Crippen molar-refractivity contribution in [2.24, 2.45) is 0 Å². The van der Waals surface area contributed by atoms with Crippen LogP contribution in [0.3, 0.4) is 0 Å². The summed E-state index contributed by atoms with van der Waals surface area (Å²) in [6.45, 7) is 1.90. The van der Waals surface area contributed by atoms with Gasteiger partial charge in [0.25, 0.3) is 5.91 Å². The summed E-state index contributed by atoms with van der Waals surface area (Å²) >= 11 is 0. The Kier molecular flexibility index (Phi) is 4.71. The molecule has 3 rings (SSSR count). The molecule has 1 fully saturated rings. The molecule has 1 aliphatic heterocycles. The van der Waals surface area contributed by atoms with Crippen LogP contribution in [0.15, 0.2) is 36.5 Å². The van der Waals surface area contributed by atoms with E-state index in [1.54, 1.807) is 43.6 Å². The zero-order chi connectivity index (χ0) is 16.1. The number of amides is 1. The van der Waals surface area contributed by atoms with Gasteiger partial charge in [-0.2, -0.15) is 0 Å². The highest BCUT2D eigenvalue weighted by Gasteiger charge is 2.16. The lowest BCUT2D eigenvalue weighted by Crippen LogP contribution is -2.31. The Bertz CT molecular complexity index is 667. The van der Waals surface area contributed by atoms with Crippen molar-refractivity contribution in [2.75, 3.05) is 30.4 Å². The van der Waals surface area contributed by atoms with Crippen LogP contribution in [0.4, 0.5) is 11.6 Å². The number of carbonyl (C=O) groups is 1. The normalized spacial score (nSPS) is 14.4. The molecule has 2 aromatic rings. The number of hydrogen-bond donors (Lipinski definition) is 1. The largest absolute Gasteiger partial charge is 0.497 e. The Morgan fingerprint density at radius 2 is 1.87 bits per heavy atom. The summed E-state index contributed by atoms with van der Waals surface area (Å²) in [6.07, 6.45) is 5.17. The number of nitrogens with zero attached hydrogens (tertiary/aromatic N) is 3. The highest BCUT2D eigenvalue weighted by atomic mass is 16.5. The molecule has 1 saturated heterocycles. The van der Waals surface area contributed by atoms with Gasteiger partial charge in [-0.25, -0.2) is 9.97 Å². The molecule has 1 aromatic heterocycles. The average molecular weight is 312 g/mol. The lowest BCUT2D eigenvalue weighted by atomic mass is 10.1. The van der Waals surface area contributed by atoms with Gasteiger partial charge < -0.3 is 15.0 Å². The quantitative estimate of drug-likeness (QED) is 0.940. The molecule has 120 valence electrons. The molecule has 6 heteroatoms. The van der Waals surface area contributed by atoms with Gasteiger partial charge in [0.05, 0.1) is 7.11 Å². The van der Waals surface area contributed by atoms with Crippen molar-refractivity contribution in [3.63, 3.8) is 0 Å². The second-order valence-electron chi connectivity index (χ2n) is 5.47. The van der Waals surface area contributed by atoms with Crippen LogP contribution in [0.2, 0.25) is 0 Å². The van der Waals surface area contributed by atoms with Crippen LogP contribution in [0.1, 0.15) is 29.8 Å². The number of nitrogens with one attached hydrogen (secondary N) is 1. The summed E-state index contributed by atoms with van der Waals surface area (Å²) in [4.78, 5) is 23.2. The molecule has 0 unspecified atom stereocenters. The van der Waals surface area contributed by atoms with E-state index in [1.165, 1.54) is 6.42 Å². The molecule has 23 heavy (non-hydrogen) atoms. The van der Waals surface area contributed by atoms with Gasteiger partial charge in [0.2, 0.25) is 5.95 Å². The van der Waals surface area contributed by atoms with E-state index in [0.717, 1.165) is 31.7 Å². The average Bonchev–Trinajstić information content (AvgIpc) is 2.63. The SMILES string of the molecule is COc1ccc(NC(=O)c2ccnc(N3CCCCC3)n2)cc1. The van der Waals surface area contributed by atoms with E-state index in [0.29, 0.717) is 17.3 Å². The monoisotopic (exact) mass is 312 g/mol. The van der Waals surface area contributed by atoms with E-state index in [1.807, 2.05) is 0 Å². The van der Waals surface area contributed by atoms with Gasteiger partial charge in [-0.15, -0.1) is 0 Å². The van der Waals surface area contributed by atoms with Gasteiger partial charge in [-0.3, -0.25) is 4.79 Å². The molecular formula is C17H20N4O2. The number of piperidine rings is 1. The molecule has 0 saturated carbocycles. The fourth-order valence-electron chi connectivity index (χ4n) is 2.59. The summed E-state index contributed by atoms with van der Waals surface area (Å²) in [7, 11) is 1.61. The van der Waals surface area contributed by atoms with E-state index in [4.69, 9.17) is 4.74 Å². The molecule has 0 bridgehead atoms. The number of rotatable bonds is 4. The van der Waals surface area contributed by atoms with Crippen LogP contribution in [-0.4, -0.2) is 36.1 Å². The van der Waals surface area contributed by atoms with Gasteiger partial charge >= 0.3 is 0 Å². The highest BCUT2D eigenvalue weighted by Crippen LogP contribution is 2.17. The Morgan fingerprint density at radius 1 is 1.13 bits per heavy atom. The molecule has 1 aliphatic rings. The zero-order valence-electron chi connectivity index (χ0n) is 13.2. The molecule has 0 aliphatic carbocycles. The number of carbonyl (C=O) groups excluding carboxylic acids is 1. The zero-order valence-corrected chi connectivity index (χ0v) is 13.2. The second kappa shape index (κ2) is 7.09. The van der Waals surface area contributed by atoms with Crippen LogP contribution >= 0.6 is 0 Å². The number of methoxy groups -OCH3 is 1. The third kappa shape index (κ3) is 3.77. The number of aromatic nitrogens is 2. The van der Waals surface area contributed by atoms with Crippen molar-refractivity contribution in [2.45, 2.75) is 19.3 Å². The molecule has 0 atom stereocenters. The predicted octanol–water partition coefficient (Wildman–Crippen LogP) is 2.73. The maximum absolute atomic E-state index is 12.4. The van der Waals surface area contributed by atoms with Gasteiger partial charge in [0, 0.05) is 25.0 Å². The Hall–Kier alpha value is -2.63.